The summed E-state index contributed by atoms with van der Waals surface area (Å²) >= 11 is 2.08. The molecule has 0 aliphatic rings. The lowest BCUT2D eigenvalue weighted by molar-refractivity contribution is 0.292. The van der Waals surface area contributed by atoms with Crippen molar-refractivity contribution in [3.8, 4) is 0 Å². The van der Waals surface area contributed by atoms with Crippen molar-refractivity contribution in [1.29, 1.82) is 0 Å². The molecular weight excluding hydrogens is 164 g/mol. The van der Waals surface area contributed by atoms with E-state index >= 15 is 0 Å². The Bertz CT molecular complexity index is 125. The number of thioether (sulfide) groups is 1. The highest BCUT2D eigenvalue weighted by Crippen LogP contribution is 2.38. The van der Waals surface area contributed by atoms with Gasteiger partial charge in [-0.2, -0.15) is 11.8 Å². The van der Waals surface area contributed by atoms with E-state index in [9.17, 15) is 0 Å². The van der Waals surface area contributed by atoms with Crippen molar-refractivity contribution in [2.45, 2.75) is 59.1 Å². The average Bonchev–Trinajstić information content (AvgIpc) is 1.85. The van der Waals surface area contributed by atoms with Gasteiger partial charge in [-0.3, -0.25) is 0 Å². The maximum absolute atomic E-state index is 2.37. The lowest BCUT2D eigenvalue weighted by Crippen LogP contribution is -2.25. The molecule has 0 radical (unpaired) electrons. The fourth-order valence-electron chi connectivity index (χ4n) is 1.72. The van der Waals surface area contributed by atoms with Crippen molar-refractivity contribution in [3.05, 3.63) is 0 Å². The zero-order chi connectivity index (χ0) is 9.83. The molecule has 12 heavy (non-hydrogen) atoms. The van der Waals surface area contributed by atoms with E-state index in [0.717, 1.165) is 0 Å². The zero-order valence-corrected chi connectivity index (χ0v) is 10.3. The van der Waals surface area contributed by atoms with E-state index in [1.165, 1.54) is 18.6 Å². The van der Waals surface area contributed by atoms with Crippen LogP contribution >= 0.6 is 11.8 Å². The Morgan fingerprint density at radius 1 is 1.00 bits per heavy atom. The lowest BCUT2D eigenvalue weighted by atomic mass is 9.81. The Morgan fingerprint density at radius 2 is 1.50 bits per heavy atom. The Balaban J connectivity index is 4.04. The van der Waals surface area contributed by atoms with Crippen LogP contribution in [0.25, 0.3) is 0 Å². The topological polar surface area (TPSA) is 0 Å². The van der Waals surface area contributed by atoms with Gasteiger partial charge in [0.15, 0.2) is 0 Å². The van der Waals surface area contributed by atoms with Crippen LogP contribution in [0.3, 0.4) is 0 Å². The molecule has 0 saturated carbocycles. The van der Waals surface area contributed by atoms with Gasteiger partial charge in [-0.15, -0.1) is 0 Å². The van der Waals surface area contributed by atoms with Gasteiger partial charge in [-0.25, -0.2) is 0 Å². The quantitative estimate of drug-likeness (QED) is 0.618. The summed E-state index contributed by atoms with van der Waals surface area (Å²) < 4.78 is 0.453. The molecule has 0 nitrogen and oxygen atoms in total. The summed E-state index contributed by atoms with van der Waals surface area (Å²) in [4.78, 5) is 0. The molecule has 0 heterocycles. The molecule has 1 heteroatoms. The fourth-order valence-corrected chi connectivity index (χ4v) is 2.99. The minimum atomic E-state index is 0.453. The highest BCUT2D eigenvalue weighted by Gasteiger charge is 2.27. The standard InChI is InChI=1S/C11H24S/c1-7-10(3,4)9-11(5,6)12-8-2/h7-9H2,1-6H3. The highest BCUT2D eigenvalue weighted by molar-refractivity contribution is 8.00. The summed E-state index contributed by atoms with van der Waals surface area (Å²) in [6.07, 6.45) is 2.59. The van der Waals surface area contributed by atoms with Gasteiger partial charge in [-0.1, -0.05) is 48.0 Å². The van der Waals surface area contributed by atoms with Crippen LogP contribution < -0.4 is 0 Å². The third kappa shape index (κ3) is 5.08. The number of rotatable bonds is 5. The molecule has 74 valence electrons. The molecule has 0 aliphatic carbocycles. The monoisotopic (exact) mass is 188 g/mol. The number of hydrogen-bond donors (Lipinski definition) is 0. The van der Waals surface area contributed by atoms with Crippen LogP contribution in [0.15, 0.2) is 0 Å². The molecule has 0 unspecified atom stereocenters. The summed E-state index contributed by atoms with van der Waals surface area (Å²) in [5.41, 5.74) is 0.506. The normalized spacial score (nSPS) is 13.5. The Labute approximate surface area is 82.5 Å². The summed E-state index contributed by atoms with van der Waals surface area (Å²) in [5, 5.41) is 0. The maximum atomic E-state index is 2.37. The van der Waals surface area contributed by atoms with E-state index < -0.39 is 0 Å². The largest absolute Gasteiger partial charge is 0.156 e. The van der Waals surface area contributed by atoms with Gasteiger partial charge < -0.3 is 0 Å². The van der Waals surface area contributed by atoms with E-state index in [4.69, 9.17) is 0 Å². The molecule has 0 aromatic heterocycles. The molecule has 0 rings (SSSR count). The van der Waals surface area contributed by atoms with Crippen LogP contribution in [0.2, 0.25) is 0 Å². The van der Waals surface area contributed by atoms with Crippen LogP contribution in [-0.2, 0) is 0 Å². The summed E-state index contributed by atoms with van der Waals surface area (Å²) in [5.74, 6) is 1.23. The van der Waals surface area contributed by atoms with Gasteiger partial charge in [-0.05, 0) is 17.6 Å². The zero-order valence-electron chi connectivity index (χ0n) is 9.53. The minimum Gasteiger partial charge on any atom is -0.156 e. The van der Waals surface area contributed by atoms with E-state index in [1.807, 2.05) is 0 Å². The second-order valence-electron chi connectivity index (χ2n) is 4.89. The summed E-state index contributed by atoms with van der Waals surface area (Å²) in [7, 11) is 0. The van der Waals surface area contributed by atoms with Gasteiger partial charge in [0, 0.05) is 4.75 Å². The van der Waals surface area contributed by atoms with Crippen LogP contribution in [0.1, 0.15) is 54.4 Å². The Hall–Kier alpha value is 0.350. The van der Waals surface area contributed by atoms with Gasteiger partial charge >= 0.3 is 0 Å². The van der Waals surface area contributed by atoms with Crippen molar-refractivity contribution in [2.24, 2.45) is 5.41 Å². The molecule has 0 amide bonds. The van der Waals surface area contributed by atoms with Crippen molar-refractivity contribution >= 4 is 11.8 Å². The molecule has 0 saturated heterocycles. The molecule has 0 aromatic rings. The first-order chi connectivity index (χ1) is 5.33. The molecule has 0 N–H and O–H groups in total. The van der Waals surface area contributed by atoms with Crippen molar-refractivity contribution in [1.82, 2.24) is 0 Å². The van der Waals surface area contributed by atoms with E-state index in [-0.39, 0.29) is 0 Å². The van der Waals surface area contributed by atoms with Crippen LogP contribution in [-0.4, -0.2) is 10.5 Å². The second-order valence-corrected chi connectivity index (χ2v) is 6.86. The third-order valence-corrected chi connectivity index (χ3v) is 3.61. The molecule has 0 aliphatic heterocycles. The average molecular weight is 188 g/mol. The Kier molecular flexibility index (Phi) is 4.68. The molecule has 0 aromatic carbocycles. The van der Waals surface area contributed by atoms with Crippen LogP contribution in [0.5, 0.6) is 0 Å². The molecule has 0 fully saturated rings. The first-order valence-electron chi connectivity index (χ1n) is 4.97. The van der Waals surface area contributed by atoms with Gasteiger partial charge in [0.1, 0.15) is 0 Å². The SMILES string of the molecule is CCSC(C)(C)CC(C)(C)CC. The molecule has 0 spiro atoms. The lowest BCUT2D eigenvalue weighted by Gasteiger charge is -2.33. The van der Waals surface area contributed by atoms with E-state index in [2.05, 4.69) is 53.3 Å². The fraction of sp³-hybridized carbons (Fsp3) is 1.00. The highest BCUT2D eigenvalue weighted by atomic mass is 32.2. The molecule has 0 atom stereocenters. The summed E-state index contributed by atoms with van der Waals surface area (Å²) in [6.45, 7) is 14.0. The second kappa shape index (κ2) is 4.55. The third-order valence-electron chi connectivity index (χ3n) is 2.40. The van der Waals surface area contributed by atoms with Gasteiger partial charge in [0.2, 0.25) is 0 Å². The van der Waals surface area contributed by atoms with E-state index in [0.29, 0.717) is 10.2 Å². The van der Waals surface area contributed by atoms with Crippen molar-refractivity contribution < 1.29 is 0 Å². The summed E-state index contributed by atoms with van der Waals surface area (Å²) in [6, 6.07) is 0. The minimum absolute atomic E-state index is 0.453. The Morgan fingerprint density at radius 3 is 1.83 bits per heavy atom. The molecular formula is C11H24S. The first-order valence-corrected chi connectivity index (χ1v) is 5.95. The molecule has 0 bridgehead atoms. The maximum Gasteiger partial charge on any atom is 0.0108 e. The van der Waals surface area contributed by atoms with Crippen molar-refractivity contribution in [2.75, 3.05) is 5.75 Å². The van der Waals surface area contributed by atoms with Gasteiger partial charge in [0.25, 0.3) is 0 Å². The number of hydrogen-bond acceptors (Lipinski definition) is 1. The van der Waals surface area contributed by atoms with Crippen molar-refractivity contribution in [3.63, 3.8) is 0 Å². The smallest absolute Gasteiger partial charge is 0.0108 e. The van der Waals surface area contributed by atoms with Crippen LogP contribution in [0, 0.1) is 5.41 Å². The van der Waals surface area contributed by atoms with Gasteiger partial charge in [0.05, 0.1) is 0 Å². The predicted molar refractivity (Wildman–Crippen MR) is 60.9 cm³/mol. The predicted octanol–water partition coefficient (Wildman–Crippen LogP) is 4.34. The van der Waals surface area contributed by atoms with E-state index in [1.54, 1.807) is 0 Å². The van der Waals surface area contributed by atoms with Crippen LogP contribution in [0.4, 0.5) is 0 Å². The first kappa shape index (κ1) is 12.3.